The first-order valence-electron chi connectivity index (χ1n) is 7.04. The smallest absolute Gasteiger partial charge is 0.165 e. The van der Waals surface area contributed by atoms with E-state index in [0.717, 1.165) is 29.7 Å². The molecule has 2 aromatic carbocycles. The van der Waals surface area contributed by atoms with Crippen LogP contribution in [0.4, 0.5) is 4.39 Å². The third-order valence-corrected chi connectivity index (χ3v) is 4.23. The van der Waals surface area contributed by atoms with Crippen molar-refractivity contribution >= 4 is 23.8 Å². The van der Waals surface area contributed by atoms with E-state index in [4.69, 9.17) is 4.74 Å². The normalized spacial score (nSPS) is 14.6. The number of thiol groups is 1. The number of ether oxygens (including phenoxy) is 1. The Bertz CT molecular complexity index is 689. The molecule has 0 fully saturated rings. The predicted octanol–water partition coefficient (Wildman–Crippen LogP) is 5.22. The molecule has 0 amide bonds. The van der Waals surface area contributed by atoms with Crippen LogP contribution in [0.25, 0.3) is 11.1 Å². The van der Waals surface area contributed by atoms with Crippen molar-refractivity contribution in [2.24, 2.45) is 0 Å². The fourth-order valence-corrected chi connectivity index (χ4v) is 3.05. The predicted molar refractivity (Wildman–Crippen MR) is 87.3 cm³/mol. The minimum Gasteiger partial charge on any atom is -0.494 e. The summed E-state index contributed by atoms with van der Waals surface area (Å²) in [4.78, 5) is 0.953. The molecule has 0 N–H and O–H groups in total. The maximum absolute atomic E-state index is 13.9. The molecule has 3 heteroatoms. The molecule has 0 bridgehead atoms. The largest absolute Gasteiger partial charge is 0.494 e. The van der Waals surface area contributed by atoms with Crippen molar-refractivity contribution in [3.8, 4) is 5.75 Å². The molecule has 0 heterocycles. The fraction of sp³-hybridized carbons (Fsp3) is 0.222. The molecule has 0 radical (unpaired) electrons. The van der Waals surface area contributed by atoms with Crippen LogP contribution >= 0.6 is 12.6 Å². The fourth-order valence-electron chi connectivity index (χ4n) is 2.90. The molecule has 0 unspecified atom stereocenters. The van der Waals surface area contributed by atoms with Crippen LogP contribution in [0.15, 0.2) is 47.4 Å². The summed E-state index contributed by atoms with van der Waals surface area (Å²) in [7, 11) is 1.48. The summed E-state index contributed by atoms with van der Waals surface area (Å²) < 4.78 is 18.9. The first-order chi connectivity index (χ1) is 10.2. The molecule has 0 atom stereocenters. The number of halogens is 1. The Morgan fingerprint density at radius 3 is 2.19 bits per heavy atom. The van der Waals surface area contributed by atoms with Crippen LogP contribution in [0, 0.1) is 5.82 Å². The van der Waals surface area contributed by atoms with Crippen LogP contribution in [0.5, 0.6) is 5.75 Å². The first-order valence-corrected chi connectivity index (χ1v) is 7.49. The highest BCUT2D eigenvalue weighted by molar-refractivity contribution is 7.80. The molecule has 0 spiro atoms. The van der Waals surface area contributed by atoms with E-state index < -0.39 is 0 Å². The van der Waals surface area contributed by atoms with Crippen LogP contribution in [-0.2, 0) is 0 Å². The van der Waals surface area contributed by atoms with E-state index in [-0.39, 0.29) is 5.82 Å². The Morgan fingerprint density at radius 2 is 1.57 bits per heavy atom. The number of hydrogen-bond donors (Lipinski definition) is 1. The lowest BCUT2D eigenvalue weighted by molar-refractivity contribution is 0.386. The minimum atomic E-state index is -0.306. The van der Waals surface area contributed by atoms with Crippen molar-refractivity contribution < 1.29 is 9.13 Å². The van der Waals surface area contributed by atoms with Crippen molar-refractivity contribution in [3.05, 3.63) is 59.4 Å². The van der Waals surface area contributed by atoms with Gasteiger partial charge in [0.1, 0.15) is 0 Å². The van der Waals surface area contributed by atoms with Crippen molar-refractivity contribution in [2.45, 2.75) is 24.2 Å². The van der Waals surface area contributed by atoms with Crippen molar-refractivity contribution in [1.29, 1.82) is 0 Å². The Labute approximate surface area is 129 Å². The molecular weight excluding hydrogens is 283 g/mol. The maximum atomic E-state index is 13.9. The summed E-state index contributed by atoms with van der Waals surface area (Å²) in [5.74, 6) is -0.0159. The molecule has 0 saturated carbocycles. The highest BCUT2D eigenvalue weighted by atomic mass is 32.1. The van der Waals surface area contributed by atoms with Gasteiger partial charge < -0.3 is 4.74 Å². The van der Waals surface area contributed by atoms with Crippen molar-refractivity contribution in [1.82, 2.24) is 0 Å². The standard InChI is InChI=1S/C18H17FOS/c1-20-18-10-7-13(11-17(18)19)16-4-2-3-15(16)12-5-8-14(21)9-6-12/h5-11,21H,2-4H2,1H3. The monoisotopic (exact) mass is 300 g/mol. The molecule has 0 aliphatic heterocycles. The van der Waals surface area contributed by atoms with E-state index in [9.17, 15) is 4.39 Å². The van der Waals surface area contributed by atoms with E-state index in [1.807, 2.05) is 18.2 Å². The quantitative estimate of drug-likeness (QED) is 0.765. The second-order valence-corrected chi connectivity index (χ2v) is 5.72. The van der Waals surface area contributed by atoms with Gasteiger partial charge in [0.05, 0.1) is 7.11 Å². The molecule has 0 aromatic heterocycles. The molecule has 0 saturated heterocycles. The Morgan fingerprint density at radius 1 is 0.952 bits per heavy atom. The third-order valence-electron chi connectivity index (χ3n) is 3.93. The SMILES string of the molecule is COc1ccc(C2=C(c3ccc(S)cc3)CCC2)cc1F. The van der Waals surface area contributed by atoms with Gasteiger partial charge in [-0.2, -0.15) is 0 Å². The lowest BCUT2D eigenvalue weighted by atomic mass is 9.97. The first kappa shape index (κ1) is 14.2. The van der Waals surface area contributed by atoms with Gasteiger partial charge in [0.15, 0.2) is 11.6 Å². The van der Waals surface area contributed by atoms with E-state index in [1.54, 1.807) is 12.1 Å². The highest BCUT2D eigenvalue weighted by Gasteiger charge is 2.18. The van der Waals surface area contributed by atoms with Crippen LogP contribution in [0.2, 0.25) is 0 Å². The minimum absolute atomic E-state index is 0.290. The number of benzene rings is 2. The van der Waals surface area contributed by atoms with Gasteiger partial charge in [-0.1, -0.05) is 18.2 Å². The summed E-state index contributed by atoms with van der Waals surface area (Å²) in [6.07, 6.45) is 3.14. The lowest BCUT2D eigenvalue weighted by Gasteiger charge is -2.10. The molecule has 3 rings (SSSR count). The zero-order valence-electron chi connectivity index (χ0n) is 11.9. The van der Waals surface area contributed by atoms with E-state index in [1.165, 1.54) is 23.8 Å². The van der Waals surface area contributed by atoms with Crippen molar-refractivity contribution in [3.63, 3.8) is 0 Å². The molecule has 2 aromatic rings. The van der Waals surface area contributed by atoms with Gasteiger partial charge in [0, 0.05) is 4.90 Å². The molecular formula is C18H17FOS. The zero-order valence-corrected chi connectivity index (χ0v) is 12.8. The van der Waals surface area contributed by atoms with Crippen LogP contribution < -0.4 is 4.74 Å². The van der Waals surface area contributed by atoms with Gasteiger partial charge in [-0.3, -0.25) is 0 Å². The van der Waals surface area contributed by atoms with Crippen LogP contribution in [-0.4, -0.2) is 7.11 Å². The average Bonchev–Trinajstić information content (AvgIpc) is 2.97. The molecule has 1 aliphatic rings. The van der Waals surface area contributed by atoms with E-state index in [2.05, 4.69) is 24.8 Å². The summed E-state index contributed by atoms with van der Waals surface area (Å²) >= 11 is 4.32. The van der Waals surface area contributed by atoms with Gasteiger partial charge in [-0.25, -0.2) is 4.39 Å². The Balaban J connectivity index is 2.04. The molecule has 1 aliphatic carbocycles. The Hall–Kier alpha value is -1.74. The summed E-state index contributed by atoms with van der Waals surface area (Å²) in [6.45, 7) is 0. The van der Waals surface area contributed by atoms with Gasteiger partial charge in [-0.15, -0.1) is 12.6 Å². The maximum Gasteiger partial charge on any atom is 0.165 e. The summed E-state index contributed by atoms with van der Waals surface area (Å²) in [5, 5.41) is 0. The number of methoxy groups -OCH3 is 1. The van der Waals surface area contributed by atoms with E-state index in [0.29, 0.717) is 5.75 Å². The van der Waals surface area contributed by atoms with Crippen LogP contribution in [0.3, 0.4) is 0 Å². The number of allylic oxidation sites excluding steroid dienone is 2. The average molecular weight is 300 g/mol. The molecule has 21 heavy (non-hydrogen) atoms. The van der Waals surface area contributed by atoms with Crippen molar-refractivity contribution in [2.75, 3.05) is 7.11 Å². The summed E-state index contributed by atoms with van der Waals surface area (Å²) in [5.41, 5.74) is 4.71. The number of rotatable bonds is 3. The highest BCUT2D eigenvalue weighted by Crippen LogP contribution is 2.40. The zero-order chi connectivity index (χ0) is 14.8. The second kappa shape index (κ2) is 5.94. The summed E-state index contributed by atoms with van der Waals surface area (Å²) in [6, 6.07) is 13.4. The Kier molecular flexibility index (Phi) is 4.02. The third kappa shape index (κ3) is 2.84. The molecule has 108 valence electrons. The van der Waals surface area contributed by atoms with Gasteiger partial charge in [-0.05, 0) is 65.8 Å². The van der Waals surface area contributed by atoms with Gasteiger partial charge >= 0.3 is 0 Å². The second-order valence-electron chi connectivity index (χ2n) is 5.21. The molecule has 1 nitrogen and oxygen atoms in total. The topological polar surface area (TPSA) is 9.23 Å². The van der Waals surface area contributed by atoms with Crippen LogP contribution in [0.1, 0.15) is 30.4 Å². The number of hydrogen-bond acceptors (Lipinski definition) is 2. The van der Waals surface area contributed by atoms with Gasteiger partial charge in [0.25, 0.3) is 0 Å². The lowest BCUT2D eigenvalue weighted by Crippen LogP contribution is -1.91. The van der Waals surface area contributed by atoms with Gasteiger partial charge in [0.2, 0.25) is 0 Å². The van der Waals surface area contributed by atoms with E-state index >= 15 is 0 Å².